The van der Waals surface area contributed by atoms with Gasteiger partial charge in [-0.1, -0.05) is 50.3 Å². The lowest BCUT2D eigenvalue weighted by molar-refractivity contribution is -0.149. The molecule has 0 unspecified atom stereocenters. The molecule has 2 fully saturated rings. The minimum absolute atomic E-state index is 0.0719. The van der Waals surface area contributed by atoms with E-state index >= 15 is 0 Å². The number of nitrogens with zero attached hydrogens (tertiary/aromatic N) is 2. The standard InChI is InChI=1S/C31H46N4O6/c1-4-40-29(38)31(3)16-22(31)13-8-6-5-7-9-14-25(32)28(37)35-18-23(15-26(35)27(33)36)41-30(39)34-17-21-12-10-11-20(2)24(21)19-34/h10-12,22-23,25-26H,4-9,13-19,32H2,1-3H3,(H2,33,36)/t22-,23-,25+,26+,31+/m1/s1. The summed E-state index contributed by atoms with van der Waals surface area (Å²) in [5, 5.41) is 0. The van der Waals surface area contributed by atoms with Crippen LogP contribution in [0.3, 0.4) is 0 Å². The number of hydrogen-bond acceptors (Lipinski definition) is 7. The van der Waals surface area contributed by atoms with Gasteiger partial charge in [-0.15, -0.1) is 0 Å². The minimum Gasteiger partial charge on any atom is -0.466 e. The second-order valence-electron chi connectivity index (χ2n) is 12.2. The second-order valence-corrected chi connectivity index (χ2v) is 12.2. The van der Waals surface area contributed by atoms with E-state index < -0.39 is 30.2 Å². The minimum atomic E-state index is -0.841. The molecule has 1 aromatic carbocycles. The summed E-state index contributed by atoms with van der Waals surface area (Å²) in [7, 11) is 0. The molecule has 41 heavy (non-hydrogen) atoms. The van der Waals surface area contributed by atoms with Crippen molar-refractivity contribution in [2.45, 2.75) is 110 Å². The van der Waals surface area contributed by atoms with Gasteiger partial charge in [0.25, 0.3) is 0 Å². The van der Waals surface area contributed by atoms with Crippen molar-refractivity contribution in [3.8, 4) is 0 Å². The molecule has 1 aliphatic carbocycles. The molecule has 3 aliphatic rings. The van der Waals surface area contributed by atoms with Crippen molar-refractivity contribution in [1.82, 2.24) is 9.80 Å². The van der Waals surface area contributed by atoms with E-state index in [4.69, 9.17) is 20.9 Å². The third-order valence-electron chi connectivity index (χ3n) is 9.16. The molecule has 226 valence electrons. The van der Waals surface area contributed by atoms with Crippen LogP contribution in [-0.2, 0) is 36.9 Å². The predicted octanol–water partition coefficient (Wildman–Crippen LogP) is 3.55. The van der Waals surface area contributed by atoms with Crippen LogP contribution in [0.2, 0.25) is 0 Å². The lowest BCUT2D eigenvalue weighted by atomic mass is 10.0. The van der Waals surface area contributed by atoms with Crippen LogP contribution < -0.4 is 11.5 Å². The largest absolute Gasteiger partial charge is 0.466 e. The summed E-state index contributed by atoms with van der Waals surface area (Å²) in [6.07, 6.45) is 6.51. The van der Waals surface area contributed by atoms with Gasteiger partial charge in [0.2, 0.25) is 11.8 Å². The molecular weight excluding hydrogens is 524 g/mol. The Bertz CT molecular complexity index is 1140. The third kappa shape index (κ3) is 7.20. The number of carbonyl (C=O) groups excluding carboxylic acids is 4. The van der Waals surface area contributed by atoms with Crippen LogP contribution in [0.5, 0.6) is 0 Å². The lowest BCUT2D eigenvalue weighted by Gasteiger charge is -2.25. The smallest absolute Gasteiger partial charge is 0.410 e. The Kier molecular flexibility index (Phi) is 9.94. The number of rotatable bonds is 13. The van der Waals surface area contributed by atoms with Crippen LogP contribution in [0, 0.1) is 18.3 Å². The first-order chi connectivity index (χ1) is 19.5. The highest BCUT2D eigenvalue weighted by atomic mass is 16.6. The van der Waals surface area contributed by atoms with Crippen LogP contribution in [0.4, 0.5) is 4.79 Å². The molecule has 10 heteroatoms. The Morgan fingerprint density at radius 3 is 2.54 bits per heavy atom. The number of likely N-dealkylation sites (tertiary alicyclic amines) is 1. The van der Waals surface area contributed by atoms with Gasteiger partial charge in [-0.25, -0.2) is 4.79 Å². The molecule has 0 bridgehead atoms. The van der Waals surface area contributed by atoms with Crippen molar-refractivity contribution in [1.29, 1.82) is 0 Å². The maximum absolute atomic E-state index is 13.1. The number of benzene rings is 1. The molecule has 3 amide bonds. The van der Waals surface area contributed by atoms with E-state index in [-0.39, 0.29) is 30.3 Å². The first kappa shape index (κ1) is 30.8. The van der Waals surface area contributed by atoms with E-state index in [1.54, 1.807) is 4.90 Å². The van der Waals surface area contributed by atoms with E-state index in [1.807, 2.05) is 39.0 Å². The second kappa shape index (κ2) is 13.2. The molecule has 0 radical (unpaired) electrons. The first-order valence-electron chi connectivity index (χ1n) is 15.1. The SMILES string of the molecule is CCOC(=O)[C@@]1(C)C[C@H]1CCCCCCC[C@H](N)C(=O)N1C[C@H](OC(=O)N2Cc3cccc(C)c3C2)C[C@H]1C(N)=O. The number of esters is 1. The van der Waals surface area contributed by atoms with Crippen molar-refractivity contribution < 1.29 is 28.7 Å². The summed E-state index contributed by atoms with van der Waals surface area (Å²) in [5.74, 6) is -0.603. The van der Waals surface area contributed by atoms with Crippen molar-refractivity contribution in [3.63, 3.8) is 0 Å². The fourth-order valence-corrected chi connectivity index (χ4v) is 6.37. The molecule has 2 heterocycles. The van der Waals surface area contributed by atoms with E-state index in [0.717, 1.165) is 61.6 Å². The van der Waals surface area contributed by atoms with Crippen molar-refractivity contribution in [2.75, 3.05) is 13.2 Å². The maximum Gasteiger partial charge on any atom is 0.410 e. The molecule has 2 aliphatic heterocycles. The van der Waals surface area contributed by atoms with Gasteiger partial charge >= 0.3 is 12.1 Å². The number of nitrogens with two attached hydrogens (primary N) is 2. The highest BCUT2D eigenvalue weighted by Crippen LogP contribution is 2.55. The van der Waals surface area contributed by atoms with Crippen LogP contribution in [0.15, 0.2) is 18.2 Å². The van der Waals surface area contributed by atoms with Crippen molar-refractivity contribution in [3.05, 3.63) is 34.9 Å². The van der Waals surface area contributed by atoms with Gasteiger partial charge in [0.1, 0.15) is 12.1 Å². The highest BCUT2D eigenvalue weighted by Gasteiger charge is 2.56. The molecule has 1 saturated carbocycles. The number of fused-ring (bicyclic) bond motifs is 1. The number of hydrogen-bond donors (Lipinski definition) is 2. The van der Waals surface area contributed by atoms with E-state index in [9.17, 15) is 19.2 Å². The van der Waals surface area contributed by atoms with E-state index in [1.165, 1.54) is 4.90 Å². The average molecular weight is 571 g/mol. The van der Waals surface area contributed by atoms with Gasteiger partial charge < -0.3 is 25.8 Å². The maximum atomic E-state index is 13.1. The number of aryl methyl sites for hydroxylation is 1. The zero-order valence-corrected chi connectivity index (χ0v) is 24.7. The molecule has 10 nitrogen and oxygen atoms in total. The van der Waals surface area contributed by atoms with Crippen molar-refractivity contribution in [2.24, 2.45) is 22.8 Å². The summed E-state index contributed by atoms with van der Waals surface area (Å²) in [5.41, 5.74) is 14.9. The number of carbonyl (C=O) groups is 4. The molecular formula is C31H46N4O6. The van der Waals surface area contributed by atoms with E-state index in [0.29, 0.717) is 32.0 Å². The first-order valence-corrected chi connectivity index (χ1v) is 15.1. The summed E-state index contributed by atoms with van der Waals surface area (Å²) in [6, 6.07) is 4.43. The average Bonchev–Trinajstić information content (AvgIpc) is 3.26. The Hall–Kier alpha value is -3.14. The van der Waals surface area contributed by atoms with Crippen molar-refractivity contribution >= 4 is 23.9 Å². The molecule has 4 rings (SSSR count). The molecule has 4 N–H and O–H groups in total. The summed E-state index contributed by atoms with van der Waals surface area (Å²) < 4.78 is 10.9. The Morgan fingerprint density at radius 2 is 1.83 bits per heavy atom. The fourth-order valence-electron chi connectivity index (χ4n) is 6.37. The van der Waals surface area contributed by atoms with Gasteiger partial charge in [-0.3, -0.25) is 19.3 Å². The number of primary amides is 1. The van der Waals surface area contributed by atoms with Crippen LogP contribution in [-0.4, -0.2) is 65.0 Å². The fraction of sp³-hybridized carbons (Fsp3) is 0.677. The van der Waals surface area contributed by atoms with Crippen LogP contribution in [0.25, 0.3) is 0 Å². The lowest BCUT2D eigenvalue weighted by Crippen LogP contribution is -2.50. The monoisotopic (exact) mass is 570 g/mol. The Morgan fingerprint density at radius 1 is 1.10 bits per heavy atom. The highest BCUT2D eigenvalue weighted by molar-refractivity contribution is 5.89. The van der Waals surface area contributed by atoms with E-state index in [2.05, 4.69) is 0 Å². The number of unbranched alkanes of at least 4 members (excludes halogenated alkanes) is 4. The number of ether oxygens (including phenoxy) is 2. The quantitative estimate of drug-likeness (QED) is 0.272. The third-order valence-corrected chi connectivity index (χ3v) is 9.16. The molecule has 0 aromatic heterocycles. The molecule has 0 spiro atoms. The summed E-state index contributed by atoms with van der Waals surface area (Å²) >= 11 is 0. The molecule has 1 aromatic rings. The van der Waals surface area contributed by atoms with Gasteiger partial charge in [0.05, 0.1) is 24.6 Å². The van der Waals surface area contributed by atoms with Gasteiger partial charge in [0, 0.05) is 19.5 Å². The van der Waals surface area contributed by atoms with Crippen LogP contribution in [0.1, 0.15) is 88.3 Å². The topological polar surface area (TPSA) is 145 Å². The normalized spacial score (nSPS) is 25.5. The predicted molar refractivity (Wildman–Crippen MR) is 153 cm³/mol. The Labute approximate surface area is 243 Å². The van der Waals surface area contributed by atoms with Gasteiger partial charge in [0.15, 0.2) is 0 Å². The zero-order chi connectivity index (χ0) is 29.7. The zero-order valence-electron chi connectivity index (χ0n) is 24.7. The van der Waals surface area contributed by atoms with Gasteiger partial charge in [-0.2, -0.15) is 0 Å². The molecule has 1 saturated heterocycles. The van der Waals surface area contributed by atoms with Crippen LogP contribution >= 0.6 is 0 Å². The van der Waals surface area contributed by atoms with Gasteiger partial charge in [-0.05, 0) is 62.6 Å². The summed E-state index contributed by atoms with van der Waals surface area (Å²) in [4.78, 5) is 53.2. The summed E-state index contributed by atoms with van der Waals surface area (Å²) in [6.45, 7) is 7.34. The Balaban J connectivity index is 1.15. The number of amides is 3. The molecule has 5 atom stereocenters.